The fourth-order valence-corrected chi connectivity index (χ4v) is 4.04. The third kappa shape index (κ3) is 6.83. The van der Waals surface area contributed by atoms with Crippen LogP contribution in [0.15, 0.2) is 85.2 Å². The maximum atomic E-state index is 12.8. The molecule has 38 heavy (non-hydrogen) atoms. The number of aromatic nitrogens is 3. The Morgan fingerprint density at radius 1 is 1.05 bits per heavy atom. The van der Waals surface area contributed by atoms with Crippen molar-refractivity contribution < 1.29 is 14.3 Å². The van der Waals surface area contributed by atoms with Crippen molar-refractivity contribution in [2.24, 2.45) is 11.7 Å². The van der Waals surface area contributed by atoms with Crippen molar-refractivity contribution >= 4 is 11.8 Å². The van der Waals surface area contributed by atoms with E-state index in [9.17, 15) is 9.59 Å². The molecule has 196 valence electrons. The molecule has 9 heteroatoms. The van der Waals surface area contributed by atoms with Gasteiger partial charge in [-0.15, -0.1) is 0 Å². The van der Waals surface area contributed by atoms with Crippen molar-refractivity contribution in [3.05, 3.63) is 96.4 Å². The topological polar surface area (TPSA) is 124 Å². The lowest BCUT2D eigenvalue weighted by Crippen LogP contribution is -2.48. The zero-order valence-corrected chi connectivity index (χ0v) is 21.5. The maximum Gasteiger partial charge on any atom is 0.240 e. The number of amides is 2. The Hall–Kier alpha value is -4.50. The lowest BCUT2D eigenvalue weighted by Gasteiger charge is -2.19. The van der Waals surface area contributed by atoms with Gasteiger partial charge in [0.05, 0.1) is 24.2 Å². The van der Waals surface area contributed by atoms with Crippen molar-refractivity contribution in [2.75, 3.05) is 13.7 Å². The summed E-state index contributed by atoms with van der Waals surface area (Å²) < 4.78 is 7.15. The Balaban J connectivity index is 1.42. The molecular weight excluding hydrogens is 480 g/mol. The molecule has 2 aromatic carbocycles. The van der Waals surface area contributed by atoms with E-state index in [1.807, 2.05) is 84.4 Å². The van der Waals surface area contributed by atoms with Gasteiger partial charge in [0.2, 0.25) is 11.8 Å². The van der Waals surface area contributed by atoms with E-state index in [1.165, 1.54) is 0 Å². The summed E-state index contributed by atoms with van der Waals surface area (Å²) in [5.41, 5.74) is 9.99. The average Bonchev–Trinajstić information content (AvgIpc) is 3.37. The van der Waals surface area contributed by atoms with Gasteiger partial charge in [0.15, 0.2) is 0 Å². The van der Waals surface area contributed by atoms with E-state index in [4.69, 9.17) is 15.6 Å². The highest BCUT2D eigenvalue weighted by Crippen LogP contribution is 2.22. The smallest absolute Gasteiger partial charge is 0.240 e. The number of nitrogens with zero attached hydrogens (tertiary/aromatic N) is 3. The Morgan fingerprint density at radius 3 is 2.47 bits per heavy atom. The van der Waals surface area contributed by atoms with Crippen molar-refractivity contribution in [3.63, 3.8) is 0 Å². The minimum Gasteiger partial charge on any atom is -0.497 e. The van der Waals surface area contributed by atoms with E-state index in [1.54, 1.807) is 19.5 Å². The third-order valence-electron chi connectivity index (χ3n) is 6.20. The zero-order valence-electron chi connectivity index (χ0n) is 21.5. The first-order chi connectivity index (χ1) is 18.4. The van der Waals surface area contributed by atoms with Gasteiger partial charge in [0, 0.05) is 43.4 Å². The largest absolute Gasteiger partial charge is 0.497 e. The molecule has 0 spiro atoms. The molecular formula is C29H32N6O3. The standard InChI is InChI=1S/C29H32N6O3/c1-20(29(37)33-27(28(30)36)15-21-7-4-3-5-8-21)17-32-19-24-16-26(22-9-6-14-31-18-22)34-35(24)23-10-12-25(38-2)13-11-23/h3-14,16,18,20,27,32H,15,17,19H2,1-2H3,(H2,30,36)(H,33,37)/t20?,27-/m0/s1. The number of ether oxygens (including phenoxy) is 1. The SMILES string of the molecule is COc1ccc(-n2nc(-c3cccnc3)cc2CNCC(C)C(=O)N[C@@H](Cc2ccccc2)C(N)=O)cc1. The summed E-state index contributed by atoms with van der Waals surface area (Å²) in [6.45, 7) is 2.68. The van der Waals surface area contributed by atoms with E-state index in [0.29, 0.717) is 19.5 Å². The number of rotatable bonds is 12. The molecule has 0 aliphatic carbocycles. The summed E-state index contributed by atoms with van der Waals surface area (Å²) in [7, 11) is 1.63. The number of nitrogens with one attached hydrogen (secondary N) is 2. The molecule has 0 radical (unpaired) electrons. The second-order valence-electron chi connectivity index (χ2n) is 9.06. The Morgan fingerprint density at radius 2 is 1.82 bits per heavy atom. The second-order valence-corrected chi connectivity index (χ2v) is 9.06. The van der Waals surface area contributed by atoms with Gasteiger partial charge in [-0.3, -0.25) is 14.6 Å². The van der Waals surface area contributed by atoms with Crippen LogP contribution in [0.3, 0.4) is 0 Å². The van der Waals surface area contributed by atoms with Gasteiger partial charge in [0.25, 0.3) is 0 Å². The van der Waals surface area contributed by atoms with Crippen LogP contribution in [0.4, 0.5) is 0 Å². The van der Waals surface area contributed by atoms with E-state index in [0.717, 1.165) is 34.0 Å². The quantitative estimate of drug-likeness (QED) is 0.268. The number of carbonyl (C=O) groups is 2. The summed E-state index contributed by atoms with van der Waals surface area (Å²) in [4.78, 5) is 29.0. The fourth-order valence-electron chi connectivity index (χ4n) is 4.04. The van der Waals surface area contributed by atoms with Crippen LogP contribution >= 0.6 is 0 Å². The van der Waals surface area contributed by atoms with Gasteiger partial charge in [-0.2, -0.15) is 5.10 Å². The van der Waals surface area contributed by atoms with Crippen molar-refractivity contribution in [1.82, 2.24) is 25.4 Å². The number of hydrogen-bond donors (Lipinski definition) is 3. The summed E-state index contributed by atoms with van der Waals surface area (Å²) in [6, 6.07) is 22.2. The number of carbonyl (C=O) groups excluding carboxylic acids is 2. The average molecular weight is 513 g/mol. The normalized spacial score (nSPS) is 12.5. The maximum absolute atomic E-state index is 12.8. The molecule has 4 rings (SSSR count). The molecule has 2 atom stereocenters. The molecule has 2 aromatic heterocycles. The molecule has 4 aromatic rings. The van der Waals surface area contributed by atoms with Gasteiger partial charge in [-0.05, 0) is 48.0 Å². The van der Waals surface area contributed by atoms with Crippen molar-refractivity contribution in [2.45, 2.75) is 25.9 Å². The number of hydrogen-bond acceptors (Lipinski definition) is 6. The van der Waals surface area contributed by atoms with Gasteiger partial charge in [-0.1, -0.05) is 37.3 Å². The van der Waals surface area contributed by atoms with Crippen LogP contribution in [-0.2, 0) is 22.6 Å². The van der Waals surface area contributed by atoms with Crippen LogP contribution in [0.1, 0.15) is 18.2 Å². The molecule has 2 heterocycles. The number of pyridine rings is 1. The molecule has 0 saturated carbocycles. The highest BCUT2D eigenvalue weighted by atomic mass is 16.5. The molecule has 0 aliphatic rings. The van der Waals surface area contributed by atoms with Crippen molar-refractivity contribution in [1.29, 1.82) is 0 Å². The number of benzene rings is 2. The van der Waals surface area contributed by atoms with Crippen LogP contribution < -0.4 is 21.1 Å². The van der Waals surface area contributed by atoms with Crippen molar-refractivity contribution in [3.8, 4) is 22.7 Å². The molecule has 1 unspecified atom stereocenters. The monoisotopic (exact) mass is 512 g/mol. The van der Waals surface area contributed by atoms with E-state index in [2.05, 4.69) is 15.6 Å². The number of primary amides is 1. The van der Waals surface area contributed by atoms with Gasteiger partial charge in [0.1, 0.15) is 11.8 Å². The van der Waals surface area contributed by atoms with Gasteiger partial charge < -0.3 is 21.1 Å². The second kappa shape index (κ2) is 12.6. The van der Waals surface area contributed by atoms with E-state index in [-0.39, 0.29) is 11.8 Å². The van der Waals surface area contributed by atoms with Crippen LogP contribution in [-0.4, -0.2) is 46.3 Å². The number of methoxy groups -OCH3 is 1. The van der Waals surface area contributed by atoms with Gasteiger partial charge in [-0.25, -0.2) is 4.68 Å². The zero-order chi connectivity index (χ0) is 26.9. The summed E-state index contributed by atoms with van der Waals surface area (Å²) in [6.07, 6.45) is 3.84. The summed E-state index contributed by atoms with van der Waals surface area (Å²) in [5.74, 6) is -0.428. The predicted molar refractivity (Wildman–Crippen MR) is 145 cm³/mol. The highest BCUT2D eigenvalue weighted by Gasteiger charge is 2.22. The lowest BCUT2D eigenvalue weighted by molar-refractivity contribution is -0.129. The molecule has 0 fully saturated rings. The van der Waals surface area contributed by atoms with Crippen LogP contribution in [0.25, 0.3) is 16.9 Å². The van der Waals surface area contributed by atoms with Crippen LogP contribution in [0, 0.1) is 5.92 Å². The van der Waals surface area contributed by atoms with Crippen LogP contribution in [0.2, 0.25) is 0 Å². The molecule has 0 bridgehead atoms. The molecule has 0 saturated heterocycles. The summed E-state index contributed by atoms with van der Waals surface area (Å²) >= 11 is 0. The Labute approximate surface area is 222 Å². The molecule has 0 aliphatic heterocycles. The molecule has 4 N–H and O–H groups in total. The first-order valence-corrected chi connectivity index (χ1v) is 12.4. The third-order valence-corrected chi connectivity index (χ3v) is 6.20. The predicted octanol–water partition coefficient (Wildman–Crippen LogP) is 2.88. The summed E-state index contributed by atoms with van der Waals surface area (Å²) in [5, 5.41) is 11.0. The minimum atomic E-state index is -0.772. The number of nitrogens with two attached hydrogens (primary N) is 1. The fraction of sp³-hybridized carbons (Fsp3) is 0.241. The molecule has 9 nitrogen and oxygen atoms in total. The Kier molecular flexibility index (Phi) is 8.84. The minimum absolute atomic E-state index is 0.239. The van der Waals surface area contributed by atoms with Crippen LogP contribution in [0.5, 0.6) is 5.75 Å². The van der Waals surface area contributed by atoms with E-state index >= 15 is 0 Å². The van der Waals surface area contributed by atoms with E-state index < -0.39 is 11.9 Å². The first kappa shape index (κ1) is 26.6. The first-order valence-electron chi connectivity index (χ1n) is 12.4. The Bertz CT molecular complexity index is 1340. The highest BCUT2D eigenvalue weighted by molar-refractivity contribution is 5.87. The van der Waals surface area contributed by atoms with Gasteiger partial charge >= 0.3 is 0 Å². The molecule has 2 amide bonds. The lowest BCUT2D eigenvalue weighted by atomic mass is 10.0.